The van der Waals surface area contributed by atoms with Gasteiger partial charge in [0.1, 0.15) is 0 Å². The van der Waals surface area contributed by atoms with Gasteiger partial charge in [0.05, 0.1) is 5.56 Å². The van der Waals surface area contributed by atoms with E-state index in [-0.39, 0.29) is 16.9 Å². The molecule has 0 saturated heterocycles. The molecule has 3 heteroatoms. The summed E-state index contributed by atoms with van der Waals surface area (Å²) < 4.78 is 0. The Balaban J connectivity index is 2.86. The number of para-hydroxylation sites is 1. The second-order valence-electron chi connectivity index (χ2n) is 7.15. The molecule has 112 valence electrons. The molecule has 0 aliphatic carbocycles. The quantitative estimate of drug-likeness (QED) is 0.851. The molecular weight excluding hydrogens is 248 g/mol. The molecule has 20 heavy (non-hydrogen) atoms. The molecule has 0 aliphatic heterocycles. The molecule has 0 bridgehead atoms. The molecule has 0 heterocycles. The minimum absolute atomic E-state index is 0.0178. The third kappa shape index (κ3) is 5.24. The molecule has 0 aliphatic rings. The molecule has 0 radical (unpaired) electrons. The van der Waals surface area contributed by atoms with E-state index in [9.17, 15) is 4.79 Å². The highest BCUT2D eigenvalue weighted by Gasteiger charge is 2.27. The van der Waals surface area contributed by atoms with Crippen LogP contribution < -0.4 is 10.6 Å². The SMILES string of the molecule is CCNc1ccccc1C(=O)NC(C)(C)CC(C)(C)C. The molecule has 0 aromatic heterocycles. The van der Waals surface area contributed by atoms with E-state index in [0.29, 0.717) is 5.56 Å². The van der Waals surface area contributed by atoms with Crippen LogP contribution in [0.4, 0.5) is 5.69 Å². The highest BCUT2D eigenvalue weighted by atomic mass is 16.1. The number of nitrogens with one attached hydrogen (secondary N) is 2. The van der Waals surface area contributed by atoms with E-state index in [1.807, 2.05) is 31.2 Å². The van der Waals surface area contributed by atoms with Crippen molar-refractivity contribution in [3.63, 3.8) is 0 Å². The lowest BCUT2D eigenvalue weighted by Crippen LogP contribution is -2.46. The number of carbonyl (C=O) groups excluding carboxylic acids is 1. The summed E-state index contributed by atoms with van der Waals surface area (Å²) in [5.74, 6) is -0.0178. The maximum absolute atomic E-state index is 12.5. The van der Waals surface area contributed by atoms with Gasteiger partial charge < -0.3 is 10.6 Å². The summed E-state index contributed by atoms with van der Waals surface area (Å²) in [6, 6.07) is 7.64. The largest absolute Gasteiger partial charge is 0.385 e. The predicted octanol–water partition coefficient (Wildman–Crippen LogP) is 4.06. The van der Waals surface area contributed by atoms with Gasteiger partial charge in [0.15, 0.2) is 0 Å². The predicted molar refractivity (Wildman–Crippen MR) is 86.2 cm³/mol. The third-order valence-corrected chi connectivity index (χ3v) is 2.96. The zero-order chi connectivity index (χ0) is 15.4. The molecule has 0 atom stereocenters. The average molecular weight is 276 g/mol. The molecule has 1 aromatic rings. The highest BCUT2D eigenvalue weighted by molar-refractivity contribution is 5.99. The van der Waals surface area contributed by atoms with Crippen LogP contribution in [0, 0.1) is 5.41 Å². The molecule has 0 unspecified atom stereocenters. The molecule has 0 fully saturated rings. The lowest BCUT2D eigenvalue weighted by Gasteiger charge is -2.33. The van der Waals surface area contributed by atoms with Crippen molar-refractivity contribution in [3.05, 3.63) is 29.8 Å². The number of amides is 1. The van der Waals surface area contributed by atoms with Gasteiger partial charge in [0.2, 0.25) is 0 Å². The van der Waals surface area contributed by atoms with Crippen LogP contribution >= 0.6 is 0 Å². The minimum atomic E-state index is -0.228. The number of benzene rings is 1. The summed E-state index contributed by atoms with van der Waals surface area (Å²) in [5, 5.41) is 6.38. The van der Waals surface area contributed by atoms with Crippen LogP contribution in [0.3, 0.4) is 0 Å². The van der Waals surface area contributed by atoms with Crippen LogP contribution in [0.2, 0.25) is 0 Å². The van der Waals surface area contributed by atoms with Gasteiger partial charge in [-0.3, -0.25) is 4.79 Å². The second kappa shape index (κ2) is 6.29. The van der Waals surface area contributed by atoms with Crippen LogP contribution in [0.15, 0.2) is 24.3 Å². The van der Waals surface area contributed by atoms with Gasteiger partial charge >= 0.3 is 0 Å². The molecular formula is C17H28N2O. The monoisotopic (exact) mass is 276 g/mol. The molecule has 1 rings (SSSR count). The summed E-state index contributed by atoms with van der Waals surface area (Å²) in [7, 11) is 0. The van der Waals surface area contributed by atoms with Crippen LogP contribution in [0.5, 0.6) is 0 Å². The van der Waals surface area contributed by atoms with Crippen molar-refractivity contribution >= 4 is 11.6 Å². The summed E-state index contributed by atoms with van der Waals surface area (Å²) >= 11 is 0. The van der Waals surface area contributed by atoms with Gasteiger partial charge in [0.25, 0.3) is 5.91 Å². The smallest absolute Gasteiger partial charge is 0.253 e. The van der Waals surface area contributed by atoms with E-state index in [4.69, 9.17) is 0 Å². The Labute approximate surface area is 123 Å². The van der Waals surface area contributed by atoms with Crippen molar-refractivity contribution in [2.45, 2.75) is 53.5 Å². The Bertz CT molecular complexity index is 458. The fourth-order valence-corrected chi connectivity index (χ4v) is 2.77. The number of carbonyl (C=O) groups is 1. The van der Waals surface area contributed by atoms with E-state index < -0.39 is 0 Å². The fraction of sp³-hybridized carbons (Fsp3) is 0.588. The molecule has 1 aromatic carbocycles. The standard InChI is InChI=1S/C17H28N2O/c1-7-18-14-11-9-8-10-13(14)15(20)19-17(5,6)12-16(2,3)4/h8-11,18H,7,12H2,1-6H3,(H,19,20). The van der Waals surface area contributed by atoms with E-state index >= 15 is 0 Å². The first kappa shape index (κ1) is 16.5. The number of anilines is 1. The zero-order valence-corrected chi connectivity index (χ0v) is 13.6. The van der Waals surface area contributed by atoms with E-state index in [1.165, 1.54) is 0 Å². The summed E-state index contributed by atoms with van der Waals surface area (Å²) in [6.45, 7) is 13.5. The summed E-state index contributed by atoms with van der Waals surface area (Å²) in [5.41, 5.74) is 1.54. The Morgan fingerprint density at radius 2 is 1.70 bits per heavy atom. The second-order valence-corrected chi connectivity index (χ2v) is 7.15. The van der Waals surface area contributed by atoms with Crippen LogP contribution in [0.25, 0.3) is 0 Å². The lowest BCUT2D eigenvalue weighted by molar-refractivity contribution is 0.0892. The van der Waals surface area contributed by atoms with Crippen molar-refractivity contribution in [2.24, 2.45) is 5.41 Å². The third-order valence-electron chi connectivity index (χ3n) is 2.96. The van der Waals surface area contributed by atoms with E-state index in [0.717, 1.165) is 18.7 Å². The van der Waals surface area contributed by atoms with Crippen molar-refractivity contribution in [1.29, 1.82) is 0 Å². The average Bonchev–Trinajstić information content (AvgIpc) is 2.25. The number of rotatable bonds is 5. The first-order valence-electron chi connectivity index (χ1n) is 7.30. The molecule has 1 amide bonds. The minimum Gasteiger partial charge on any atom is -0.385 e. The first-order chi connectivity index (χ1) is 9.14. The van der Waals surface area contributed by atoms with E-state index in [2.05, 4.69) is 45.3 Å². The Kier molecular flexibility index (Phi) is 5.21. The maximum Gasteiger partial charge on any atom is 0.253 e. The van der Waals surface area contributed by atoms with Gasteiger partial charge in [0, 0.05) is 17.8 Å². The Morgan fingerprint density at radius 1 is 1.10 bits per heavy atom. The summed E-state index contributed by atoms with van der Waals surface area (Å²) in [6.07, 6.45) is 0.926. The van der Waals surface area contributed by atoms with Crippen LogP contribution in [-0.4, -0.2) is 18.0 Å². The topological polar surface area (TPSA) is 41.1 Å². The van der Waals surface area contributed by atoms with Gasteiger partial charge in [-0.25, -0.2) is 0 Å². The molecule has 3 nitrogen and oxygen atoms in total. The van der Waals surface area contributed by atoms with Crippen molar-refractivity contribution in [3.8, 4) is 0 Å². The van der Waals surface area contributed by atoms with Crippen molar-refractivity contribution in [2.75, 3.05) is 11.9 Å². The van der Waals surface area contributed by atoms with Gasteiger partial charge in [-0.15, -0.1) is 0 Å². The van der Waals surface area contributed by atoms with Crippen LogP contribution in [0.1, 0.15) is 58.3 Å². The van der Waals surface area contributed by atoms with Gasteiger partial charge in [-0.2, -0.15) is 0 Å². The maximum atomic E-state index is 12.5. The highest BCUT2D eigenvalue weighted by Crippen LogP contribution is 2.27. The Morgan fingerprint density at radius 3 is 2.25 bits per heavy atom. The number of hydrogen-bond acceptors (Lipinski definition) is 2. The van der Waals surface area contributed by atoms with E-state index in [1.54, 1.807) is 0 Å². The number of hydrogen-bond donors (Lipinski definition) is 2. The van der Waals surface area contributed by atoms with Crippen molar-refractivity contribution in [1.82, 2.24) is 5.32 Å². The summed E-state index contributed by atoms with van der Waals surface area (Å²) in [4.78, 5) is 12.5. The zero-order valence-electron chi connectivity index (χ0n) is 13.6. The molecule has 0 saturated carbocycles. The first-order valence-corrected chi connectivity index (χ1v) is 7.30. The lowest BCUT2D eigenvalue weighted by atomic mass is 9.81. The van der Waals surface area contributed by atoms with Crippen molar-refractivity contribution < 1.29 is 4.79 Å². The van der Waals surface area contributed by atoms with Gasteiger partial charge in [-0.1, -0.05) is 32.9 Å². The van der Waals surface area contributed by atoms with Gasteiger partial charge in [-0.05, 0) is 44.7 Å². The normalized spacial score (nSPS) is 12.1. The fourth-order valence-electron chi connectivity index (χ4n) is 2.77. The Hall–Kier alpha value is -1.51. The molecule has 2 N–H and O–H groups in total. The molecule has 0 spiro atoms. The van der Waals surface area contributed by atoms with Crippen LogP contribution in [-0.2, 0) is 0 Å².